The summed E-state index contributed by atoms with van der Waals surface area (Å²) in [5, 5.41) is 1.20. The van der Waals surface area contributed by atoms with Crippen LogP contribution in [0.4, 0.5) is 0 Å². The maximum Gasteiger partial charge on any atom is 0.138 e. The van der Waals surface area contributed by atoms with E-state index in [4.69, 9.17) is 32.7 Å². The van der Waals surface area contributed by atoms with Gasteiger partial charge in [-0.05, 0) is 47.9 Å². The molecule has 0 fully saturated rings. The van der Waals surface area contributed by atoms with Gasteiger partial charge in [-0.25, -0.2) is 0 Å². The van der Waals surface area contributed by atoms with Crippen LogP contribution in [0, 0.1) is 6.92 Å². The number of para-hydroxylation sites is 2. The van der Waals surface area contributed by atoms with Crippen LogP contribution in [0.25, 0.3) is 0 Å². The average Bonchev–Trinajstić information content (AvgIpc) is 2.61. The van der Waals surface area contributed by atoms with Crippen LogP contribution in [0.15, 0.2) is 66.7 Å². The van der Waals surface area contributed by atoms with Crippen LogP contribution in [-0.4, -0.2) is 0 Å². The van der Waals surface area contributed by atoms with E-state index in [0.29, 0.717) is 34.8 Å². The Morgan fingerprint density at radius 1 is 0.680 bits per heavy atom. The molecule has 0 aliphatic rings. The van der Waals surface area contributed by atoms with Gasteiger partial charge in [-0.15, -0.1) is 0 Å². The minimum Gasteiger partial charge on any atom is -0.487 e. The molecule has 0 amide bonds. The van der Waals surface area contributed by atoms with Crippen molar-refractivity contribution in [2.24, 2.45) is 0 Å². The molecule has 0 aliphatic heterocycles. The van der Waals surface area contributed by atoms with E-state index in [9.17, 15) is 0 Å². The SMILES string of the molecule is Cc1cccc(COc2ccccc2Cl)c1COc1ccccc1Cl. The van der Waals surface area contributed by atoms with Gasteiger partial charge < -0.3 is 9.47 Å². The summed E-state index contributed by atoms with van der Waals surface area (Å²) in [6.45, 7) is 2.91. The molecule has 3 aromatic rings. The zero-order valence-corrected chi connectivity index (χ0v) is 15.3. The first-order valence-corrected chi connectivity index (χ1v) is 8.73. The highest BCUT2D eigenvalue weighted by molar-refractivity contribution is 6.32. The van der Waals surface area contributed by atoms with Crippen molar-refractivity contribution >= 4 is 23.2 Å². The predicted octanol–water partition coefficient (Wildman–Crippen LogP) is 6.46. The summed E-state index contributed by atoms with van der Waals surface area (Å²) in [6.07, 6.45) is 0. The summed E-state index contributed by atoms with van der Waals surface area (Å²) in [4.78, 5) is 0. The van der Waals surface area contributed by atoms with Gasteiger partial charge in [-0.1, -0.05) is 65.7 Å². The molecule has 4 heteroatoms. The van der Waals surface area contributed by atoms with E-state index in [0.717, 1.165) is 16.7 Å². The van der Waals surface area contributed by atoms with Gasteiger partial charge >= 0.3 is 0 Å². The highest BCUT2D eigenvalue weighted by atomic mass is 35.5. The molecular weight excluding hydrogens is 355 g/mol. The molecule has 0 spiro atoms. The first-order chi connectivity index (χ1) is 12.1. The van der Waals surface area contributed by atoms with Crippen LogP contribution in [0.1, 0.15) is 16.7 Å². The maximum atomic E-state index is 6.16. The summed E-state index contributed by atoms with van der Waals surface area (Å²) in [5.41, 5.74) is 3.30. The second-order valence-electron chi connectivity index (χ2n) is 5.65. The Hall–Kier alpha value is -2.16. The summed E-state index contributed by atoms with van der Waals surface area (Å²) in [6, 6.07) is 21.0. The number of hydrogen-bond donors (Lipinski definition) is 0. The molecule has 0 unspecified atom stereocenters. The minimum absolute atomic E-state index is 0.423. The molecule has 0 saturated heterocycles. The lowest BCUT2D eigenvalue weighted by Crippen LogP contribution is -2.06. The first kappa shape index (κ1) is 17.7. The van der Waals surface area contributed by atoms with E-state index in [-0.39, 0.29) is 0 Å². The minimum atomic E-state index is 0.423. The Kier molecular flexibility index (Phi) is 5.85. The smallest absolute Gasteiger partial charge is 0.138 e. The molecule has 3 rings (SSSR count). The molecule has 0 aliphatic carbocycles. The number of aryl methyl sites for hydroxylation is 1. The Balaban J connectivity index is 1.75. The van der Waals surface area contributed by atoms with Crippen LogP contribution in [0.5, 0.6) is 11.5 Å². The Morgan fingerprint density at radius 3 is 1.84 bits per heavy atom. The molecule has 3 aromatic carbocycles. The Morgan fingerprint density at radius 2 is 1.24 bits per heavy atom. The highest BCUT2D eigenvalue weighted by Gasteiger charge is 2.10. The summed E-state index contributed by atoms with van der Waals surface area (Å²) in [5.74, 6) is 1.34. The van der Waals surface area contributed by atoms with Crippen LogP contribution < -0.4 is 9.47 Å². The van der Waals surface area contributed by atoms with Gasteiger partial charge in [-0.2, -0.15) is 0 Å². The third-order valence-corrected chi connectivity index (χ3v) is 4.56. The van der Waals surface area contributed by atoms with E-state index < -0.39 is 0 Å². The quantitative estimate of drug-likeness (QED) is 0.494. The second-order valence-corrected chi connectivity index (χ2v) is 6.47. The number of benzene rings is 3. The van der Waals surface area contributed by atoms with E-state index in [2.05, 4.69) is 13.0 Å². The summed E-state index contributed by atoms with van der Waals surface area (Å²) >= 11 is 12.3. The fraction of sp³-hybridized carbons (Fsp3) is 0.143. The molecule has 0 saturated carbocycles. The summed E-state index contributed by atoms with van der Waals surface area (Å²) < 4.78 is 11.8. The van der Waals surface area contributed by atoms with Gasteiger partial charge in [0.1, 0.15) is 24.7 Å². The molecule has 128 valence electrons. The molecule has 0 N–H and O–H groups in total. The van der Waals surface area contributed by atoms with Gasteiger partial charge in [0.2, 0.25) is 0 Å². The lowest BCUT2D eigenvalue weighted by atomic mass is 10.0. The van der Waals surface area contributed by atoms with Crippen molar-refractivity contribution in [3.8, 4) is 11.5 Å². The first-order valence-electron chi connectivity index (χ1n) is 7.97. The molecular formula is C21H18Cl2O2. The van der Waals surface area contributed by atoms with Crippen LogP contribution in [-0.2, 0) is 13.2 Å². The van der Waals surface area contributed by atoms with Gasteiger partial charge in [-0.3, -0.25) is 0 Å². The zero-order valence-electron chi connectivity index (χ0n) is 13.8. The van der Waals surface area contributed by atoms with E-state index in [1.165, 1.54) is 0 Å². The standard InChI is InChI=1S/C21H18Cl2O2/c1-15-7-6-8-16(13-24-20-11-4-2-9-18(20)22)17(15)14-25-21-12-5-3-10-19(21)23/h2-12H,13-14H2,1H3. The van der Waals surface area contributed by atoms with E-state index >= 15 is 0 Å². The Bertz CT molecular complexity index is 862. The van der Waals surface area contributed by atoms with E-state index in [1.54, 1.807) is 0 Å². The predicted molar refractivity (Wildman–Crippen MR) is 103 cm³/mol. The number of hydrogen-bond acceptors (Lipinski definition) is 2. The van der Waals surface area contributed by atoms with Crippen molar-refractivity contribution in [2.45, 2.75) is 20.1 Å². The van der Waals surface area contributed by atoms with Gasteiger partial charge in [0.05, 0.1) is 10.0 Å². The van der Waals surface area contributed by atoms with Gasteiger partial charge in [0.25, 0.3) is 0 Å². The van der Waals surface area contributed by atoms with Crippen molar-refractivity contribution < 1.29 is 9.47 Å². The van der Waals surface area contributed by atoms with Crippen molar-refractivity contribution in [1.82, 2.24) is 0 Å². The molecule has 0 heterocycles. The lowest BCUT2D eigenvalue weighted by Gasteiger charge is -2.15. The molecule has 0 bridgehead atoms. The molecule has 0 aromatic heterocycles. The fourth-order valence-corrected chi connectivity index (χ4v) is 2.91. The highest BCUT2D eigenvalue weighted by Crippen LogP contribution is 2.27. The maximum absolute atomic E-state index is 6.16. The topological polar surface area (TPSA) is 18.5 Å². The van der Waals surface area contributed by atoms with Crippen molar-refractivity contribution in [2.75, 3.05) is 0 Å². The van der Waals surface area contributed by atoms with Crippen molar-refractivity contribution in [3.05, 3.63) is 93.5 Å². The normalized spacial score (nSPS) is 10.5. The van der Waals surface area contributed by atoms with Gasteiger partial charge in [0.15, 0.2) is 0 Å². The lowest BCUT2D eigenvalue weighted by molar-refractivity contribution is 0.285. The third-order valence-electron chi connectivity index (χ3n) is 3.94. The summed E-state index contributed by atoms with van der Waals surface area (Å²) in [7, 11) is 0. The Labute approximate surface area is 157 Å². The monoisotopic (exact) mass is 372 g/mol. The molecule has 0 radical (unpaired) electrons. The second kappa shape index (κ2) is 8.28. The third kappa shape index (κ3) is 4.47. The van der Waals surface area contributed by atoms with Gasteiger partial charge in [0, 0.05) is 0 Å². The van der Waals surface area contributed by atoms with Crippen LogP contribution in [0.2, 0.25) is 10.0 Å². The van der Waals surface area contributed by atoms with Crippen LogP contribution >= 0.6 is 23.2 Å². The fourth-order valence-electron chi connectivity index (χ4n) is 2.53. The number of rotatable bonds is 6. The van der Waals surface area contributed by atoms with E-state index in [1.807, 2.05) is 60.7 Å². The largest absolute Gasteiger partial charge is 0.487 e. The van der Waals surface area contributed by atoms with Crippen LogP contribution in [0.3, 0.4) is 0 Å². The molecule has 2 nitrogen and oxygen atoms in total. The average molecular weight is 373 g/mol. The van der Waals surface area contributed by atoms with Crippen molar-refractivity contribution in [1.29, 1.82) is 0 Å². The van der Waals surface area contributed by atoms with Crippen molar-refractivity contribution in [3.63, 3.8) is 0 Å². The molecule has 0 atom stereocenters. The number of halogens is 2. The molecule has 25 heavy (non-hydrogen) atoms. The number of ether oxygens (including phenoxy) is 2. The zero-order chi connectivity index (χ0) is 17.6.